The van der Waals surface area contributed by atoms with Crippen LogP contribution >= 0.6 is 8.03 Å². The Morgan fingerprint density at radius 1 is 1.09 bits per heavy atom. The minimum atomic E-state index is -2.47. The number of aromatic hydroxyl groups is 1. The van der Waals surface area contributed by atoms with Crippen LogP contribution in [0, 0.1) is 0 Å². The molecule has 0 saturated carbocycles. The first kappa shape index (κ1) is 16.7. The molecule has 4 heteroatoms. The zero-order valence-electron chi connectivity index (χ0n) is 13.0. The minimum absolute atomic E-state index is 0.119. The van der Waals surface area contributed by atoms with Crippen LogP contribution in [0.2, 0.25) is 0 Å². The molecule has 116 valence electrons. The maximum atomic E-state index is 11.8. The van der Waals surface area contributed by atoms with Crippen molar-refractivity contribution in [1.82, 2.24) is 0 Å². The van der Waals surface area contributed by atoms with Crippen molar-refractivity contribution < 1.29 is 14.6 Å². The minimum Gasteiger partial charge on any atom is -0.507 e. The van der Waals surface area contributed by atoms with Crippen LogP contribution in [-0.2, 0) is 4.57 Å². The highest BCUT2D eigenvalue weighted by molar-refractivity contribution is 7.47. The highest BCUT2D eigenvalue weighted by Crippen LogP contribution is 2.34. The summed E-state index contributed by atoms with van der Waals surface area (Å²) >= 11 is 0. The smallest absolute Gasteiger partial charge is 0.507 e. The summed E-state index contributed by atoms with van der Waals surface area (Å²) in [6.07, 6.45) is 3.15. The van der Waals surface area contributed by atoms with Gasteiger partial charge in [0.1, 0.15) is 5.75 Å². The molecule has 0 amide bonds. The molecule has 0 heterocycles. The molecule has 0 bridgehead atoms. The summed E-state index contributed by atoms with van der Waals surface area (Å²) in [5.74, 6) is 0.520. The van der Waals surface area contributed by atoms with E-state index in [9.17, 15) is 14.6 Å². The van der Waals surface area contributed by atoms with E-state index in [0.29, 0.717) is 22.3 Å². The van der Waals surface area contributed by atoms with Crippen LogP contribution in [-0.4, -0.2) is 10.00 Å². The summed E-state index contributed by atoms with van der Waals surface area (Å²) in [5.41, 5.74) is 2.30. The van der Waals surface area contributed by atoms with Crippen LogP contribution in [0.4, 0.5) is 0 Å². The monoisotopic (exact) mass is 317 g/mol. The Bertz CT molecular complexity index is 667. The van der Waals surface area contributed by atoms with Crippen LogP contribution < -0.4 is 5.30 Å². The molecule has 2 unspecified atom stereocenters. The van der Waals surface area contributed by atoms with E-state index < -0.39 is 8.03 Å². The van der Waals surface area contributed by atoms with Crippen LogP contribution in [0.15, 0.2) is 42.5 Å². The van der Waals surface area contributed by atoms with Crippen molar-refractivity contribution in [3.8, 4) is 16.9 Å². The third kappa shape index (κ3) is 3.55. The lowest BCUT2D eigenvalue weighted by Crippen LogP contribution is -2.07. The Morgan fingerprint density at radius 3 is 2.41 bits per heavy atom. The highest BCUT2D eigenvalue weighted by Gasteiger charge is 2.25. The van der Waals surface area contributed by atoms with Crippen molar-refractivity contribution in [3.05, 3.63) is 48.0 Å². The highest BCUT2D eigenvalue weighted by atomic mass is 31.1. The van der Waals surface area contributed by atoms with Gasteiger partial charge in [0, 0.05) is 11.1 Å². The number of hydrogen-bond acceptors (Lipinski definition) is 2. The van der Waals surface area contributed by atoms with Crippen molar-refractivity contribution >= 4 is 13.3 Å². The Balaban J connectivity index is 2.53. The van der Waals surface area contributed by atoms with E-state index in [1.54, 1.807) is 18.2 Å². The van der Waals surface area contributed by atoms with Gasteiger partial charge in [0.15, 0.2) is 0 Å². The van der Waals surface area contributed by atoms with E-state index in [4.69, 9.17) is 0 Å². The number of benzene rings is 2. The molecule has 0 fully saturated rings. The molecule has 0 saturated heterocycles. The first-order chi connectivity index (χ1) is 10.6. The van der Waals surface area contributed by atoms with E-state index in [1.165, 1.54) is 0 Å². The van der Waals surface area contributed by atoms with Crippen molar-refractivity contribution in [2.45, 2.75) is 39.0 Å². The van der Waals surface area contributed by atoms with Crippen molar-refractivity contribution in [1.29, 1.82) is 0 Å². The molecule has 0 radical (unpaired) electrons. The summed E-state index contributed by atoms with van der Waals surface area (Å²) in [7, 11) is -2.47. The Kier molecular flexibility index (Phi) is 5.70. The van der Waals surface area contributed by atoms with Crippen molar-refractivity contribution in [3.63, 3.8) is 0 Å². The Morgan fingerprint density at radius 2 is 1.82 bits per heavy atom. The molecule has 0 spiro atoms. The fourth-order valence-corrected chi connectivity index (χ4v) is 3.51. The van der Waals surface area contributed by atoms with Gasteiger partial charge in [-0.05, 0) is 47.1 Å². The summed E-state index contributed by atoms with van der Waals surface area (Å²) in [4.78, 5) is 9.69. The van der Waals surface area contributed by atoms with E-state index in [0.717, 1.165) is 24.8 Å². The molecule has 2 aromatic carbocycles. The van der Waals surface area contributed by atoms with E-state index >= 15 is 0 Å². The van der Waals surface area contributed by atoms with Crippen molar-refractivity contribution in [2.75, 3.05) is 0 Å². The van der Waals surface area contributed by atoms with Gasteiger partial charge in [-0.1, -0.05) is 44.5 Å². The van der Waals surface area contributed by atoms with Crippen LogP contribution in [0.3, 0.4) is 0 Å². The van der Waals surface area contributed by atoms with Crippen molar-refractivity contribution in [2.24, 2.45) is 0 Å². The second kappa shape index (κ2) is 7.53. The molecule has 2 atom stereocenters. The maximum absolute atomic E-state index is 11.8. The molecular weight excluding hydrogens is 295 g/mol. The van der Waals surface area contributed by atoms with Crippen LogP contribution in [0.5, 0.6) is 5.75 Å². The summed E-state index contributed by atoms with van der Waals surface area (Å²) in [5, 5.41) is 10.4. The van der Waals surface area contributed by atoms with E-state index in [-0.39, 0.29) is 5.75 Å². The molecule has 0 aliphatic carbocycles. The second-order valence-electron chi connectivity index (χ2n) is 5.46. The summed E-state index contributed by atoms with van der Waals surface area (Å²) < 4.78 is 11.8. The topological polar surface area (TPSA) is 57.5 Å². The lowest BCUT2D eigenvalue weighted by atomic mass is 9.90. The summed E-state index contributed by atoms with van der Waals surface area (Å²) in [6.45, 7) is 4.28. The zero-order valence-corrected chi connectivity index (χ0v) is 13.9. The molecule has 2 aromatic rings. The van der Waals surface area contributed by atoms with Gasteiger partial charge in [-0.25, -0.2) is 0 Å². The average Bonchev–Trinajstić information content (AvgIpc) is 2.52. The molecule has 0 aliphatic heterocycles. The molecule has 2 N–H and O–H groups in total. The first-order valence-corrected chi connectivity index (χ1v) is 8.88. The number of hydrogen-bond donors (Lipinski definition) is 2. The number of phenols is 1. The van der Waals surface area contributed by atoms with Crippen LogP contribution in [0.1, 0.15) is 44.6 Å². The van der Waals surface area contributed by atoms with Gasteiger partial charge in [0.25, 0.3) is 0 Å². The molecule has 3 nitrogen and oxygen atoms in total. The Hall–Kier alpha value is -1.70. The number of para-hydroxylation sites is 1. The third-order valence-electron chi connectivity index (χ3n) is 4.02. The SMILES string of the molecule is CCCC(CC)c1ccc(-c2ccccc2O)c([P+](=O)O)c1. The Labute approximate surface area is 132 Å². The first-order valence-electron chi connectivity index (χ1n) is 7.66. The molecule has 2 rings (SSSR count). The predicted molar refractivity (Wildman–Crippen MR) is 90.9 cm³/mol. The van der Waals surface area contributed by atoms with E-state index in [1.807, 2.05) is 24.3 Å². The number of rotatable bonds is 6. The zero-order chi connectivity index (χ0) is 16.1. The lowest BCUT2D eigenvalue weighted by molar-refractivity contribution is 0.477. The molecule has 0 aromatic heterocycles. The quantitative estimate of drug-likeness (QED) is 0.758. The third-order valence-corrected chi connectivity index (χ3v) is 4.81. The van der Waals surface area contributed by atoms with Gasteiger partial charge in [-0.3, -0.25) is 0 Å². The van der Waals surface area contributed by atoms with Gasteiger partial charge < -0.3 is 5.11 Å². The molecule has 0 aliphatic rings. The largest absolute Gasteiger partial charge is 0.546 e. The van der Waals surface area contributed by atoms with Gasteiger partial charge in [-0.2, -0.15) is 4.89 Å². The second-order valence-corrected chi connectivity index (χ2v) is 6.49. The number of phenolic OH excluding ortho intramolecular Hbond substituents is 1. The van der Waals surface area contributed by atoms with Gasteiger partial charge in [0.05, 0.1) is 0 Å². The fraction of sp³-hybridized carbons (Fsp3) is 0.333. The molecule has 22 heavy (non-hydrogen) atoms. The van der Waals surface area contributed by atoms with Crippen LogP contribution in [0.25, 0.3) is 11.1 Å². The average molecular weight is 317 g/mol. The standard InChI is InChI=1S/C18H21O3P/c1-3-7-13(4-2)14-10-11-16(18(12-14)22(20)21)15-8-5-6-9-17(15)19/h5-6,8-13H,3-4,7H2,1-2H3,(H-,19,20,21)/p+1. The van der Waals surface area contributed by atoms with E-state index in [2.05, 4.69) is 13.8 Å². The normalized spacial score (nSPS) is 13.0. The molecular formula is C18H22O3P+. The lowest BCUT2D eigenvalue weighted by Gasteiger charge is -2.15. The van der Waals surface area contributed by atoms with Gasteiger partial charge in [0.2, 0.25) is 5.30 Å². The van der Waals surface area contributed by atoms with Gasteiger partial charge in [-0.15, -0.1) is 0 Å². The summed E-state index contributed by atoms with van der Waals surface area (Å²) in [6, 6.07) is 12.6. The maximum Gasteiger partial charge on any atom is 0.546 e. The van der Waals surface area contributed by atoms with Gasteiger partial charge >= 0.3 is 8.03 Å². The predicted octanol–water partition coefficient (Wildman–Crippen LogP) is 4.71. The fourth-order valence-electron chi connectivity index (χ4n) is 2.84.